The number of benzene rings is 1. The number of amidine groups is 2. The van der Waals surface area contributed by atoms with Gasteiger partial charge >= 0.3 is 0 Å². The monoisotopic (exact) mass is 605 g/mol. The van der Waals surface area contributed by atoms with Crippen molar-refractivity contribution in [3.63, 3.8) is 0 Å². The second-order valence-corrected chi connectivity index (χ2v) is 15.2. The number of hydrogen-bond donors (Lipinski definition) is 1. The van der Waals surface area contributed by atoms with Crippen molar-refractivity contribution in [2.45, 2.75) is 111 Å². The zero-order valence-corrected chi connectivity index (χ0v) is 27.7. The van der Waals surface area contributed by atoms with Crippen LogP contribution in [0.4, 0.5) is 0 Å². The standard InChI is InChI=1S/C34H51N7O3/c1-8-26-22-44-20-19-40(26)29-31(43)41(34(37-29)17-13-25(14-18-34)33(5,6)7)27(15-16-32(2,3)4)23-9-11-24(12-10-23)30(42)36-28-21-35-39-38-28/h9-12,25-27H,8,13-22H2,1-7H3,(H,35,36,38,42)/t25?,26?,27-,34?/m1/s1. The van der Waals surface area contributed by atoms with Gasteiger partial charge in [0, 0.05) is 12.1 Å². The maximum absolute atomic E-state index is 14.7. The predicted molar refractivity (Wildman–Crippen MR) is 173 cm³/mol. The Morgan fingerprint density at radius 2 is 1.82 bits per heavy atom. The lowest BCUT2D eigenvalue weighted by Gasteiger charge is -2.47. The van der Waals surface area contributed by atoms with Crippen LogP contribution in [0.5, 0.6) is 0 Å². The molecular weight excluding hydrogens is 554 g/mol. The zero-order valence-electron chi connectivity index (χ0n) is 27.7. The van der Waals surface area contributed by atoms with Gasteiger partial charge in [0.1, 0.15) is 12.2 Å². The summed E-state index contributed by atoms with van der Waals surface area (Å²) in [6.07, 6.45) is 6.45. The molecule has 1 aromatic carbocycles. The number of nitrogens with zero attached hydrogens (tertiary/aromatic N) is 6. The van der Waals surface area contributed by atoms with Crippen molar-refractivity contribution in [2.24, 2.45) is 37.2 Å². The van der Waals surface area contributed by atoms with E-state index in [2.05, 4.69) is 79.0 Å². The van der Waals surface area contributed by atoms with Crippen molar-refractivity contribution in [1.82, 2.24) is 15.1 Å². The van der Waals surface area contributed by atoms with Crippen LogP contribution in [0, 0.1) is 16.7 Å². The number of aliphatic imine (C=N–C) groups is 1. The zero-order chi connectivity index (χ0) is 31.7. The Hall–Kier alpha value is -3.14. The van der Waals surface area contributed by atoms with E-state index in [1.807, 2.05) is 24.3 Å². The molecule has 0 aromatic heterocycles. The number of morpholine rings is 1. The van der Waals surface area contributed by atoms with Gasteiger partial charge in [-0.2, -0.15) is 5.11 Å². The van der Waals surface area contributed by atoms with Crippen LogP contribution in [0.1, 0.15) is 115 Å². The summed E-state index contributed by atoms with van der Waals surface area (Å²) in [7, 11) is 0. The van der Waals surface area contributed by atoms with Crippen LogP contribution in [0.15, 0.2) is 44.7 Å². The molecule has 1 saturated heterocycles. The molecule has 1 saturated carbocycles. The second kappa shape index (κ2) is 12.7. The van der Waals surface area contributed by atoms with Crippen molar-refractivity contribution >= 4 is 23.5 Å². The maximum atomic E-state index is 14.7. The van der Waals surface area contributed by atoms with E-state index >= 15 is 0 Å². The van der Waals surface area contributed by atoms with Crippen LogP contribution in [-0.4, -0.2) is 71.3 Å². The summed E-state index contributed by atoms with van der Waals surface area (Å²) < 4.78 is 5.81. The van der Waals surface area contributed by atoms with E-state index in [0.29, 0.717) is 42.9 Å². The lowest BCUT2D eigenvalue weighted by molar-refractivity contribution is -0.134. The van der Waals surface area contributed by atoms with E-state index in [-0.39, 0.29) is 41.3 Å². The fraction of sp³-hybridized carbons (Fsp3) is 0.706. The molecule has 4 aliphatic rings. The van der Waals surface area contributed by atoms with Gasteiger partial charge < -0.3 is 19.9 Å². The summed E-state index contributed by atoms with van der Waals surface area (Å²) in [6.45, 7) is 18.1. The van der Waals surface area contributed by atoms with Gasteiger partial charge in [0.25, 0.3) is 11.8 Å². The first-order valence-electron chi connectivity index (χ1n) is 16.4. The highest BCUT2D eigenvalue weighted by atomic mass is 16.5. The van der Waals surface area contributed by atoms with E-state index < -0.39 is 5.66 Å². The largest absolute Gasteiger partial charge is 0.377 e. The Bertz CT molecular complexity index is 1300. The highest BCUT2D eigenvalue weighted by Gasteiger charge is 2.54. The van der Waals surface area contributed by atoms with Crippen molar-refractivity contribution in [1.29, 1.82) is 0 Å². The summed E-state index contributed by atoms with van der Waals surface area (Å²) in [5, 5.41) is 14.0. The van der Waals surface area contributed by atoms with Gasteiger partial charge in [-0.15, -0.1) is 5.10 Å². The van der Waals surface area contributed by atoms with Crippen molar-refractivity contribution in [3.8, 4) is 0 Å². The molecule has 1 aromatic rings. The van der Waals surface area contributed by atoms with Crippen LogP contribution in [-0.2, 0) is 9.53 Å². The molecule has 5 rings (SSSR count). The average molecular weight is 606 g/mol. The minimum Gasteiger partial charge on any atom is -0.377 e. The summed E-state index contributed by atoms with van der Waals surface area (Å²) >= 11 is 0. The molecule has 3 aliphatic heterocycles. The third-order valence-corrected chi connectivity index (χ3v) is 9.90. The summed E-state index contributed by atoms with van der Waals surface area (Å²) in [5.41, 5.74) is 1.30. The summed E-state index contributed by atoms with van der Waals surface area (Å²) in [5.74, 6) is 1.43. The first-order valence-corrected chi connectivity index (χ1v) is 16.4. The number of rotatable bonds is 6. The van der Waals surface area contributed by atoms with E-state index in [1.165, 1.54) is 0 Å². The van der Waals surface area contributed by atoms with Crippen LogP contribution in [0.2, 0.25) is 0 Å². The van der Waals surface area contributed by atoms with E-state index in [1.54, 1.807) is 0 Å². The number of amides is 2. The summed E-state index contributed by atoms with van der Waals surface area (Å²) in [4.78, 5) is 37.5. The van der Waals surface area contributed by atoms with Crippen LogP contribution >= 0.6 is 0 Å². The summed E-state index contributed by atoms with van der Waals surface area (Å²) in [6, 6.07) is 7.70. The number of nitrogens with one attached hydrogen (secondary N) is 1. The van der Waals surface area contributed by atoms with E-state index in [4.69, 9.17) is 9.73 Å². The smallest absolute Gasteiger partial charge is 0.291 e. The molecule has 1 aliphatic carbocycles. The van der Waals surface area contributed by atoms with Crippen molar-refractivity contribution in [2.75, 3.05) is 26.3 Å². The SMILES string of the molecule is CCC1COCCN1C1=NC2(CCC(C(C)(C)C)CC2)N([C@H](CCC(C)(C)C)c2ccc(C(=O)NC3=NN=NC3)cc2)C1=O. The molecule has 240 valence electrons. The quantitative estimate of drug-likeness (QED) is 0.407. The highest BCUT2D eigenvalue weighted by molar-refractivity contribution is 6.39. The first-order chi connectivity index (χ1) is 20.8. The molecule has 2 atom stereocenters. The van der Waals surface area contributed by atoms with Gasteiger partial charge in [-0.1, -0.05) is 60.6 Å². The first kappa shape index (κ1) is 32.3. The molecule has 1 unspecified atom stereocenters. The molecule has 1 N–H and O–H groups in total. The van der Waals surface area contributed by atoms with Crippen LogP contribution in [0.3, 0.4) is 0 Å². The molecule has 10 heteroatoms. The number of hydrogen-bond acceptors (Lipinski definition) is 8. The fourth-order valence-corrected chi connectivity index (χ4v) is 7.14. The maximum Gasteiger partial charge on any atom is 0.291 e. The highest BCUT2D eigenvalue weighted by Crippen LogP contribution is 2.50. The Kier molecular flexibility index (Phi) is 9.31. The molecule has 44 heavy (non-hydrogen) atoms. The fourth-order valence-electron chi connectivity index (χ4n) is 7.14. The Morgan fingerprint density at radius 3 is 2.41 bits per heavy atom. The molecule has 0 radical (unpaired) electrons. The number of carbonyl (C=O) groups is 2. The van der Waals surface area contributed by atoms with E-state index in [9.17, 15) is 9.59 Å². The van der Waals surface area contributed by atoms with Crippen molar-refractivity contribution < 1.29 is 14.3 Å². The Morgan fingerprint density at radius 1 is 1.11 bits per heavy atom. The molecule has 10 nitrogen and oxygen atoms in total. The second-order valence-electron chi connectivity index (χ2n) is 15.2. The van der Waals surface area contributed by atoms with Gasteiger partial charge in [0.15, 0.2) is 11.7 Å². The van der Waals surface area contributed by atoms with Crippen molar-refractivity contribution in [3.05, 3.63) is 35.4 Å². The van der Waals surface area contributed by atoms with Gasteiger partial charge in [-0.25, -0.2) is 4.99 Å². The minimum absolute atomic E-state index is 0.0343. The topological polar surface area (TPSA) is 111 Å². The van der Waals surface area contributed by atoms with Gasteiger partial charge in [0.2, 0.25) is 0 Å². The van der Waals surface area contributed by atoms with E-state index in [0.717, 1.165) is 50.5 Å². The number of ether oxygens (including phenoxy) is 1. The molecule has 2 amide bonds. The Balaban J connectivity index is 1.50. The normalized spacial score (nSPS) is 26.7. The van der Waals surface area contributed by atoms with Gasteiger partial charge in [-0.05, 0) is 84.6 Å². The molecule has 1 spiro atoms. The average Bonchev–Trinajstić information content (AvgIpc) is 3.59. The lowest BCUT2D eigenvalue weighted by atomic mass is 9.69. The molecular formula is C34H51N7O3. The third kappa shape index (κ3) is 6.90. The molecule has 0 bridgehead atoms. The van der Waals surface area contributed by atoms with Crippen LogP contribution < -0.4 is 5.32 Å². The molecule has 3 heterocycles. The van der Waals surface area contributed by atoms with Crippen LogP contribution in [0.25, 0.3) is 0 Å². The van der Waals surface area contributed by atoms with Gasteiger partial charge in [-0.3, -0.25) is 9.59 Å². The predicted octanol–water partition coefficient (Wildman–Crippen LogP) is 6.35. The molecule has 2 fully saturated rings. The number of carbonyl (C=O) groups excluding carboxylic acids is 2. The third-order valence-electron chi connectivity index (χ3n) is 9.90. The lowest BCUT2D eigenvalue weighted by Crippen LogP contribution is -2.54. The minimum atomic E-state index is -0.572. The van der Waals surface area contributed by atoms with Gasteiger partial charge in [0.05, 0.1) is 25.3 Å². The Labute approximate surface area is 262 Å².